The molecule has 0 saturated heterocycles. The summed E-state index contributed by atoms with van der Waals surface area (Å²) in [6.07, 6.45) is 2.88. The van der Waals surface area contributed by atoms with Gasteiger partial charge < -0.3 is 15.5 Å². The second-order valence-electron chi connectivity index (χ2n) is 6.34. The van der Waals surface area contributed by atoms with Crippen LogP contribution in [0.15, 0.2) is 18.2 Å². The molecule has 138 valence electrons. The monoisotopic (exact) mass is 347 g/mol. The van der Waals surface area contributed by atoms with Gasteiger partial charge in [-0.05, 0) is 43.9 Å². The number of amides is 3. The second kappa shape index (κ2) is 10.5. The minimum Gasteiger partial charge on any atom is -0.356 e. The van der Waals surface area contributed by atoms with Crippen LogP contribution in [0.5, 0.6) is 0 Å². The molecule has 3 amide bonds. The maximum absolute atomic E-state index is 12.1. The molecule has 0 radical (unpaired) electrons. The van der Waals surface area contributed by atoms with Crippen LogP contribution < -0.4 is 10.6 Å². The molecule has 2 N–H and O–H groups in total. The van der Waals surface area contributed by atoms with E-state index in [1.54, 1.807) is 7.05 Å². The van der Waals surface area contributed by atoms with Crippen LogP contribution in [-0.2, 0) is 14.4 Å². The van der Waals surface area contributed by atoms with E-state index in [-0.39, 0.29) is 24.3 Å². The Labute approximate surface area is 150 Å². The molecule has 1 aromatic carbocycles. The lowest BCUT2D eigenvalue weighted by molar-refractivity contribution is -0.133. The zero-order valence-electron chi connectivity index (χ0n) is 15.6. The third kappa shape index (κ3) is 7.83. The maximum atomic E-state index is 12.1. The first-order chi connectivity index (χ1) is 11.8. The Bertz CT molecular complexity index is 614. The minimum absolute atomic E-state index is 0.0364. The van der Waals surface area contributed by atoms with E-state index in [0.717, 1.165) is 36.1 Å². The predicted octanol–water partition coefficient (Wildman–Crippen LogP) is 2.40. The second-order valence-corrected chi connectivity index (χ2v) is 6.34. The molecule has 0 aliphatic carbocycles. The summed E-state index contributed by atoms with van der Waals surface area (Å²) >= 11 is 0. The average Bonchev–Trinajstić information content (AvgIpc) is 2.54. The molecule has 0 aliphatic rings. The first-order valence-electron chi connectivity index (χ1n) is 8.65. The molecule has 1 aromatic rings. The summed E-state index contributed by atoms with van der Waals surface area (Å²) in [6.45, 7) is 6.12. The topological polar surface area (TPSA) is 78.5 Å². The van der Waals surface area contributed by atoms with E-state index in [1.165, 1.54) is 11.8 Å². The summed E-state index contributed by atoms with van der Waals surface area (Å²) in [6, 6.07) is 5.75. The van der Waals surface area contributed by atoms with E-state index in [2.05, 4.69) is 10.6 Å². The summed E-state index contributed by atoms with van der Waals surface area (Å²) in [4.78, 5) is 36.4. The van der Waals surface area contributed by atoms with Crippen molar-refractivity contribution in [3.05, 3.63) is 29.3 Å². The summed E-state index contributed by atoms with van der Waals surface area (Å²) < 4.78 is 0. The van der Waals surface area contributed by atoms with Crippen molar-refractivity contribution in [1.29, 1.82) is 0 Å². The van der Waals surface area contributed by atoms with Gasteiger partial charge in [0, 0.05) is 32.6 Å². The number of hydrogen-bond donors (Lipinski definition) is 2. The molecule has 1 rings (SSSR count). The molecule has 0 fully saturated rings. The minimum atomic E-state index is -0.199. The Morgan fingerprint density at radius 2 is 1.80 bits per heavy atom. The van der Waals surface area contributed by atoms with Crippen LogP contribution in [0.2, 0.25) is 0 Å². The average molecular weight is 347 g/mol. The quantitative estimate of drug-likeness (QED) is 0.673. The smallest absolute Gasteiger partial charge is 0.243 e. The largest absolute Gasteiger partial charge is 0.356 e. The first kappa shape index (κ1) is 20.7. The number of nitrogens with zero attached hydrogens (tertiary/aromatic N) is 1. The molecule has 0 atom stereocenters. The number of benzene rings is 1. The molecule has 6 nitrogen and oxygen atoms in total. The Balaban J connectivity index is 2.31. The third-order valence-electron chi connectivity index (χ3n) is 4.13. The van der Waals surface area contributed by atoms with E-state index < -0.39 is 0 Å². The standard InChI is InChI=1S/C19H29N3O3/c1-14-9-8-10-17(15(14)2)21-18(24)13-22(4)19(25)11-6-5-7-12-20-16(3)23/h8-10H,5-7,11-13H2,1-4H3,(H,20,23)(H,21,24). The van der Waals surface area contributed by atoms with Crippen molar-refractivity contribution in [2.75, 3.05) is 25.5 Å². The Hall–Kier alpha value is -2.37. The highest BCUT2D eigenvalue weighted by Crippen LogP contribution is 2.17. The van der Waals surface area contributed by atoms with Crippen LogP contribution in [0, 0.1) is 13.8 Å². The van der Waals surface area contributed by atoms with Crippen LogP contribution in [0.4, 0.5) is 5.69 Å². The van der Waals surface area contributed by atoms with Gasteiger partial charge >= 0.3 is 0 Å². The van der Waals surface area contributed by atoms with E-state index in [4.69, 9.17) is 0 Å². The zero-order valence-corrected chi connectivity index (χ0v) is 15.6. The summed E-state index contributed by atoms with van der Waals surface area (Å²) in [5.41, 5.74) is 2.93. The van der Waals surface area contributed by atoms with Crippen molar-refractivity contribution in [3.8, 4) is 0 Å². The van der Waals surface area contributed by atoms with E-state index in [1.807, 2.05) is 32.0 Å². The molecule has 0 aliphatic heterocycles. The highest BCUT2D eigenvalue weighted by Gasteiger charge is 2.13. The lowest BCUT2D eigenvalue weighted by Crippen LogP contribution is -2.34. The van der Waals surface area contributed by atoms with Crippen molar-refractivity contribution >= 4 is 23.4 Å². The van der Waals surface area contributed by atoms with E-state index in [9.17, 15) is 14.4 Å². The molecule has 0 unspecified atom stereocenters. The van der Waals surface area contributed by atoms with Gasteiger partial charge in [0.2, 0.25) is 17.7 Å². The lowest BCUT2D eigenvalue weighted by atomic mass is 10.1. The number of rotatable bonds is 9. The molecule has 0 bridgehead atoms. The maximum Gasteiger partial charge on any atom is 0.243 e. The van der Waals surface area contributed by atoms with Crippen LogP contribution in [0.25, 0.3) is 0 Å². The number of aryl methyl sites for hydroxylation is 1. The zero-order chi connectivity index (χ0) is 18.8. The van der Waals surface area contributed by atoms with E-state index in [0.29, 0.717) is 13.0 Å². The highest BCUT2D eigenvalue weighted by atomic mass is 16.2. The predicted molar refractivity (Wildman–Crippen MR) is 99.3 cm³/mol. The normalized spacial score (nSPS) is 10.2. The van der Waals surface area contributed by atoms with Gasteiger partial charge in [0.15, 0.2) is 0 Å². The molecule has 0 saturated carbocycles. The van der Waals surface area contributed by atoms with Crippen LogP contribution in [0.1, 0.15) is 43.7 Å². The molecular formula is C19H29N3O3. The van der Waals surface area contributed by atoms with Gasteiger partial charge in [-0.3, -0.25) is 14.4 Å². The third-order valence-corrected chi connectivity index (χ3v) is 4.13. The van der Waals surface area contributed by atoms with Gasteiger partial charge in [-0.2, -0.15) is 0 Å². The van der Waals surface area contributed by atoms with Gasteiger partial charge in [0.1, 0.15) is 0 Å². The summed E-state index contributed by atoms with van der Waals surface area (Å²) in [5.74, 6) is -0.281. The van der Waals surface area contributed by atoms with Gasteiger partial charge in [-0.15, -0.1) is 0 Å². The molecule has 0 heterocycles. The highest BCUT2D eigenvalue weighted by molar-refractivity contribution is 5.95. The summed E-state index contributed by atoms with van der Waals surface area (Å²) in [7, 11) is 1.64. The van der Waals surface area contributed by atoms with Crippen molar-refractivity contribution < 1.29 is 14.4 Å². The number of unbranched alkanes of at least 4 members (excludes halogenated alkanes) is 2. The van der Waals surface area contributed by atoms with Crippen molar-refractivity contribution in [1.82, 2.24) is 10.2 Å². The fraction of sp³-hybridized carbons (Fsp3) is 0.526. The van der Waals surface area contributed by atoms with Crippen LogP contribution >= 0.6 is 0 Å². The SMILES string of the molecule is CC(=O)NCCCCCC(=O)N(C)CC(=O)Nc1cccc(C)c1C. The fourth-order valence-corrected chi connectivity index (χ4v) is 2.41. The molecule has 0 aromatic heterocycles. The lowest BCUT2D eigenvalue weighted by Gasteiger charge is -2.17. The Morgan fingerprint density at radius 1 is 1.08 bits per heavy atom. The number of nitrogens with one attached hydrogen (secondary N) is 2. The number of carbonyl (C=O) groups is 3. The van der Waals surface area contributed by atoms with Crippen LogP contribution in [0.3, 0.4) is 0 Å². The van der Waals surface area contributed by atoms with Crippen molar-refractivity contribution in [2.24, 2.45) is 0 Å². The number of likely N-dealkylation sites (N-methyl/N-ethyl adjacent to an activating group) is 1. The van der Waals surface area contributed by atoms with E-state index >= 15 is 0 Å². The number of anilines is 1. The molecule has 0 spiro atoms. The van der Waals surface area contributed by atoms with Gasteiger partial charge in [-0.25, -0.2) is 0 Å². The fourth-order valence-electron chi connectivity index (χ4n) is 2.41. The van der Waals surface area contributed by atoms with Gasteiger partial charge in [0.25, 0.3) is 0 Å². The van der Waals surface area contributed by atoms with Gasteiger partial charge in [0.05, 0.1) is 6.54 Å². The molecule has 25 heavy (non-hydrogen) atoms. The van der Waals surface area contributed by atoms with Crippen LogP contribution in [-0.4, -0.2) is 42.8 Å². The summed E-state index contributed by atoms with van der Waals surface area (Å²) in [5, 5.41) is 5.59. The first-order valence-corrected chi connectivity index (χ1v) is 8.65. The van der Waals surface area contributed by atoms with Crippen molar-refractivity contribution in [2.45, 2.75) is 46.5 Å². The molecular weight excluding hydrogens is 318 g/mol. The van der Waals surface area contributed by atoms with Gasteiger partial charge in [-0.1, -0.05) is 18.6 Å². The Kier molecular flexibility index (Phi) is 8.67. The molecule has 6 heteroatoms. The Morgan fingerprint density at radius 3 is 2.48 bits per heavy atom. The number of hydrogen-bond acceptors (Lipinski definition) is 3. The van der Waals surface area contributed by atoms with Crippen molar-refractivity contribution in [3.63, 3.8) is 0 Å². The number of carbonyl (C=O) groups excluding carboxylic acids is 3.